The minimum Gasteiger partial charge on any atom is -0.325 e. The van der Waals surface area contributed by atoms with Gasteiger partial charge in [0.05, 0.1) is 11.9 Å². The maximum Gasteiger partial charge on any atom is 0.225 e. The first-order valence-electron chi connectivity index (χ1n) is 5.28. The zero-order valence-corrected chi connectivity index (χ0v) is 8.57. The van der Waals surface area contributed by atoms with Gasteiger partial charge in [-0.05, 0) is 31.5 Å². The van der Waals surface area contributed by atoms with Gasteiger partial charge in [0.25, 0.3) is 0 Å². The molecule has 1 unspecified atom stereocenters. The van der Waals surface area contributed by atoms with E-state index in [0.717, 1.165) is 18.7 Å². The Morgan fingerprint density at radius 1 is 1.67 bits per heavy atom. The molecule has 1 aromatic rings. The number of nitrogens with zero attached hydrogens (tertiary/aromatic N) is 1. The first kappa shape index (κ1) is 10.1. The summed E-state index contributed by atoms with van der Waals surface area (Å²) in [6, 6.07) is 4.00. The monoisotopic (exact) mass is 205 g/mol. The highest BCUT2D eigenvalue weighted by Gasteiger charge is 2.17. The van der Waals surface area contributed by atoms with Crippen molar-refractivity contribution in [2.24, 2.45) is 0 Å². The summed E-state index contributed by atoms with van der Waals surface area (Å²) < 4.78 is 0. The van der Waals surface area contributed by atoms with Crippen molar-refractivity contribution in [3.05, 3.63) is 24.5 Å². The Bertz CT molecular complexity index is 320. The van der Waals surface area contributed by atoms with Gasteiger partial charge in [-0.1, -0.05) is 0 Å². The summed E-state index contributed by atoms with van der Waals surface area (Å²) in [6.07, 6.45) is 6.16. The molecule has 2 rings (SSSR count). The molecule has 15 heavy (non-hydrogen) atoms. The average Bonchev–Trinajstić information content (AvgIpc) is 2.71. The van der Waals surface area contributed by atoms with Gasteiger partial charge in [0, 0.05) is 18.7 Å². The second kappa shape index (κ2) is 4.89. The lowest BCUT2D eigenvalue weighted by molar-refractivity contribution is -0.116. The topological polar surface area (TPSA) is 54.0 Å². The second-order valence-electron chi connectivity index (χ2n) is 3.79. The molecule has 1 amide bonds. The van der Waals surface area contributed by atoms with Gasteiger partial charge >= 0.3 is 0 Å². The Labute approximate surface area is 89.1 Å². The zero-order valence-electron chi connectivity index (χ0n) is 8.57. The van der Waals surface area contributed by atoms with Crippen LogP contribution in [-0.4, -0.2) is 23.5 Å². The van der Waals surface area contributed by atoms with Gasteiger partial charge in [-0.15, -0.1) is 0 Å². The van der Waals surface area contributed by atoms with E-state index in [1.165, 1.54) is 6.42 Å². The maximum absolute atomic E-state index is 11.6. The minimum atomic E-state index is 0.0578. The van der Waals surface area contributed by atoms with Crippen molar-refractivity contribution in [1.82, 2.24) is 10.3 Å². The number of carbonyl (C=O) groups is 1. The Hall–Kier alpha value is -1.42. The number of rotatable bonds is 3. The highest BCUT2D eigenvalue weighted by molar-refractivity contribution is 5.90. The zero-order chi connectivity index (χ0) is 10.5. The Balaban J connectivity index is 1.82. The van der Waals surface area contributed by atoms with Gasteiger partial charge in [0.2, 0.25) is 5.91 Å². The van der Waals surface area contributed by atoms with Gasteiger partial charge in [-0.25, -0.2) is 0 Å². The molecule has 0 radical (unpaired) electrons. The molecule has 0 saturated carbocycles. The van der Waals surface area contributed by atoms with Crippen LogP contribution < -0.4 is 10.6 Å². The largest absolute Gasteiger partial charge is 0.325 e. The quantitative estimate of drug-likeness (QED) is 0.778. The molecule has 1 saturated heterocycles. The van der Waals surface area contributed by atoms with Crippen LogP contribution in [0.15, 0.2) is 24.5 Å². The first-order chi connectivity index (χ1) is 7.34. The number of pyridine rings is 1. The fourth-order valence-corrected chi connectivity index (χ4v) is 1.80. The third kappa shape index (κ3) is 3.02. The molecular formula is C11H15N3O. The minimum absolute atomic E-state index is 0.0578. The molecule has 0 spiro atoms. The van der Waals surface area contributed by atoms with Crippen LogP contribution in [0.25, 0.3) is 0 Å². The van der Waals surface area contributed by atoms with E-state index in [2.05, 4.69) is 15.6 Å². The third-order valence-corrected chi connectivity index (χ3v) is 2.54. The van der Waals surface area contributed by atoms with Crippen LogP contribution in [-0.2, 0) is 4.79 Å². The van der Waals surface area contributed by atoms with E-state index in [-0.39, 0.29) is 5.91 Å². The molecule has 1 aromatic heterocycles. The Kier molecular flexibility index (Phi) is 3.29. The number of hydrogen-bond acceptors (Lipinski definition) is 3. The summed E-state index contributed by atoms with van der Waals surface area (Å²) in [5, 5.41) is 6.12. The van der Waals surface area contributed by atoms with Crippen LogP contribution in [0.3, 0.4) is 0 Å². The van der Waals surface area contributed by atoms with Crippen LogP contribution in [0.4, 0.5) is 5.69 Å². The van der Waals surface area contributed by atoms with E-state index in [1.54, 1.807) is 12.4 Å². The Morgan fingerprint density at radius 3 is 3.27 bits per heavy atom. The summed E-state index contributed by atoms with van der Waals surface area (Å²) in [6.45, 7) is 1.03. The van der Waals surface area contributed by atoms with Crippen molar-refractivity contribution in [2.75, 3.05) is 11.9 Å². The summed E-state index contributed by atoms with van der Waals surface area (Å²) >= 11 is 0. The predicted octanol–water partition coefficient (Wildman–Crippen LogP) is 1.16. The normalized spacial score (nSPS) is 20.1. The lowest BCUT2D eigenvalue weighted by Crippen LogP contribution is -2.27. The number of amides is 1. The van der Waals surface area contributed by atoms with Crippen LogP contribution in [0.5, 0.6) is 0 Å². The SMILES string of the molecule is O=C(CC1CCCN1)Nc1cccnc1. The lowest BCUT2D eigenvalue weighted by Gasteiger charge is -2.09. The van der Waals surface area contributed by atoms with Crippen molar-refractivity contribution in [1.29, 1.82) is 0 Å². The maximum atomic E-state index is 11.6. The summed E-state index contributed by atoms with van der Waals surface area (Å²) in [5.74, 6) is 0.0578. The average molecular weight is 205 g/mol. The van der Waals surface area contributed by atoms with E-state index in [0.29, 0.717) is 12.5 Å². The standard InChI is InChI=1S/C11H15N3O/c15-11(7-9-3-2-6-13-9)14-10-4-1-5-12-8-10/h1,4-5,8-9,13H,2-3,6-7H2,(H,14,15). The molecule has 4 heteroatoms. The van der Waals surface area contributed by atoms with Crippen molar-refractivity contribution in [3.63, 3.8) is 0 Å². The van der Waals surface area contributed by atoms with Gasteiger partial charge < -0.3 is 10.6 Å². The smallest absolute Gasteiger partial charge is 0.225 e. The van der Waals surface area contributed by atoms with Crippen LogP contribution >= 0.6 is 0 Å². The van der Waals surface area contributed by atoms with E-state index >= 15 is 0 Å². The fourth-order valence-electron chi connectivity index (χ4n) is 1.80. The van der Waals surface area contributed by atoms with Crippen LogP contribution in [0.1, 0.15) is 19.3 Å². The summed E-state index contributed by atoms with van der Waals surface area (Å²) in [5.41, 5.74) is 0.764. The molecule has 2 N–H and O–H groups in total. The molecule has 2 heterocycles. The van der Waals surface area contributed by atoms with Crippen molar-refractivity contribution in [2.45, 2.75) is 25.3 Å². The molecule has 1 aliphatic heterocycles. The summed E-state index contributed by atoms with van der Waals surface area (Å²) in [7, 11) is 0. The molecule has 4 nitrogen and oxygen atoms in total. The number of nitrogens with one attached hydrogen (secondary N) is 2. The molecule has 1 fully saturated rings. The number of anilines is 1. The second-order valence-corrected chi connectivity index (χ2v) is 3.79. The molecule has 0 bridgehead atoms. The highest BCUT2D eigenvalue weighted by Crippen LogP contribution is 2.10. The van der Waals surface area contributed by atoms with Crippen LogP contribution in [0, 0.1) is 0 Å². The highest BCUT2D eigenvalue weighted by atomic mass is 16.1. The predicted molar refractivity (Wildman–Crippen MR) is 58.5 cm³/mol. The molecular weight excluding hydrogens is 190 g/mol. The number of hydrogen-bond donors (Lipinski definition) is 2. The Morgan fingerprint density at radius 2 is 2.60 bits per heavy atom. The molecule has 1 aliphatic rings. The molecule has 0 aromatic carbocycles. The van der Waals surface area contributed by atoms with E-state index in [9.17, 15) is 4.79 Å². The van der Waals surface area contributed by atoms with Crippen molar-refractivity contribution >= 4 is 11.6 Å². The van der Waals surface area contributed by atoms with Gasteiger partial charge in [0.1, 0.15) is 0 Å². The first-order valence-corrected chi connectivity index (χ1v) is 5.28. The number of carbonyl (C=O) groups excluding carboxylic acids is 1. The van der Waals surface area contributed by atoms with E-state index < -0.39 is 0 Å². The fraction of sp³-hybridized carbons (Fsp3) is 0.455. The lowest BCUT2D eigenvalue weighted by atomic mass is 10.1. The third-order valence-electron chi connectivity index (χ3n) is 2.54. The van der Waals surface area contributed by atoms with E-state index in [1.807, 2.05) is 12.1 Å². The molecule has 80 valence electrons. The van der Waals surface area contributed by atoms with Gasteiger partial charge in [0.15, 0.2) is 0 Å². The van der Waals surface area contributed by atoms with Gasteiger partial charge in [-0.3, -0.25) is 9.78 Å². The van der Waals surface area contributed by atoms with E-state index in [4.69, 9.17) is 0 Å². The number of aromatic nitrogens is 1. The van der Waals surface area contributed by atoms with Crippen LogP contribution in [0.2, 0.25) is 0 Å². The van der Waals surface area contributed by atoms with Crippen molar-refractivity contribution in [3.8, 4) is 0 Å². The van der Waals surface area contributed by atoms with Gasteiger partial charge in [-0.2, -0.15) is 0 Å². The molecule has 0 aliphatic carbocycles. The summed E-state index contributed by atoms with van der Waals surface area (Å²) in [4.78, 5) is 15.5. The molecule has 1 atom stereocenters. The van der Waals surface area contributed by atoms with Crippen molar-refractivity contribution < 1.29 is 4.79 Å².